The molecule has 1 aromatic heterocycles. The van der Waals surface area contributed by atoms with Crippen molar-refractivity contribution in [3.05, 3.63) is 113 Å². The van der Waals surface area contributed by atoms with E-state index in [4.69, 9.17) is 15.7 Å². The number of nitrogens with one attached hydrogen (secondary N) is 1. The number of nitrogens with two attached hydrogens (primary N) is 1. The van der Waals surface area contributed by atoms with Crippen molar-refractivity contribution < 1.29 is 0 Å². The van der Waals surface area contributed by atoms with Gasteiger partial charge < -0.3 is 11.1 Å². The molecule has 0 radical (unpaired) electrons. The summed E-state index contributed by atoms with van der Waals surface area (Å²) in [6.45, 7) is 8.02. The van der Waals surface area contributed by atoms with Crippen LogP contribution in [0.5, 0.6) is 0 Å². The lowest BCUT2D eigenvalue weighted by atomic mass is 9.87. The SMILES string of the molecule is C=C(N)Nc1ccc(-c2nc(C3CCCCC3)nc(CCCC3=CCCC=C3)c2Cc2ccccc2)cc1.CCC. The first-order valence-corrected chi connectivity index (χ1v) is 15.7. The summed E-state index contributed by atoms with van der Waals surface area (Å²) >= 11 is 0. The van der Waals surface area contributed by atoms with Gasteiger partial charge in [0.15, 0.2) is 0 Å². The Morgan fingerprint density at radius 1 is 0.927 bits per heavy atom. The number of hydrogen-bond donors (Lipinski definition) is 2. The summed E-state index contributed by atoms with van der Waals surface area (Å²) in [4.78, 5) is 10.6. The van der Waals surface area contributed by atoms with Gasteiger partial charge in [0.25, 0.3) is 0 Å². The Morgan fingerprint density at radius 2 is 1.66 bits per heavy atom. The van der Waals surface area contributed by atoms with Gasteiger partial charge in [-0.15, -0.1) is 0 Å². The quantitative estimate of drug-likeness (QED) is 0.265. The van der Waals surface area contributed by atoms with Crippen LogP contribution in [-0.4, -0.2) is 9.97 Å². The van der Waals surface area contributed by atoms with Crippen molar-refractivity contribution >= 4 is 5.69 Å². The number of hydrogen-bond acceptors (Lipinski definition) is 4. The first-order chi connectivity index (χ1) is 20.1. The number of rotatable bonds is 10. The van der Waals surface area contributed by atoms with Crippen molar-refractivity contribution in [1.82, 2.24) is 9.97 Å². The fourth-order valence-electron chi connectivity index (χ4n) is 5.73. The van der Waals surface area contributed by atoms with Gasteiger partial charge in [0.05, 0.1) is 11.5 Å². The lowest BCUT2D eigenvalue weighted by Crippen LogP contribution is -2.14. The first-order valence-electron chi connectivity index (χ1n) is 15.7. The van der Waals surface area contributed by atoms with E-state index in [0.29, 0.717) is 11.7 Å². The molecule has 1 saturated carbocycles. The van der Waals surface area contributed by atoms with E-state index in [-0.39, 0.29) is 0 Å². The predicted molar refractivity (Wildman–Crippen MR) is 175 cm³/mol. The summed E-state index contributed by atoms with van der Waals surface area (Å²) in [7, 11) is 0. The largest absolute Gasteiger partial charge is 0.386 e. The molecule has 3 N–H and O–H groups in total. The summed E-state index contributed by atoms with van der Waals surface area (Å²) in [6, 6.07) is 19.1. The van der Waals surface area contributed by atoms with Crippen LogP contribution in [0.3, 0.4) is 0 Å². The fraction of sp³-hybridized carbons (Fsp3) is 0.405. The number of aromatic nitrogens is 2. The van der Waals surface area contributed by atoms with Crippen molar-refractivity contribution in [2.45, 2.75) is 96.8 Å². The highest BCUT2D eigenvalue weighted by Crippen LogP contribution is 2.35. The maximum Gasteiger partial charge on any atom is 0.132 e. The maximum absolute atomic E-state index is 5.77. The molecule has 41 heavy (non-hydrogen) atoms. The monoisotopic (exact) mass is 548 g/mol. The van der Waals surface area contributed by atoms with Gasteiger partial charge in [-0.1, -0.05) is 112 Å². The molecule has 2 aromatic carbocycles. The fourth-order valence-corrected chi connectivity index (χ4v) is 5.73. The Morgan fingerprint density at radius 3 is 2.32 bits per heavy atom. The number of aryl methyl sites for hydroxylation is 1. The van der Waals surface area contributed by atoms with Crippen LogP contribution in [0.1, 0.15) is 107 Å². The molecule has 1 heterocycles. The zero-order valence-electron chi connectivity index (χ0n) is 25.2. The van der Waals surface area contributed by atoms with E-state index in [1.807, 2.05) is 0 Å². The van der Waals surface area contributed by atoms with Gasteiger partial charge in [0.1, 0.15) is 5.82 Å². The second kappa shape index (κ2) is 16.0. The van der Waals surface area contributed by atoms with Crippen molar-refractivity contribution in [2.24, 2.45) is 5.73 Å². The van der Waals surface area contributed by atoms with E-state index >= 15 is 0 Å². The van der Waals surface area contributed by atoms with Gasteiger partial charge in [-0.2, -0.15) is 0 Å². The Labute approximate surface area is 247 Å². The van der Waals surface area contributed by atoms with Crippen molar-refractivity contribution in [1.29, 1.82) is 0 Å². The van der Waals surface area contributed by atoms with Crippen molar-refractivity contribution in [3.8, 4) is 11.3 Å². The highest BCUT2D eigenvalue weighted by atomic mass is 15.0. The lowest BCUT2D eigenvalue weighted by Gasteiger charge is -2.23. The van der Waals surface area contributed by atoms with Gasteiger partial charge in [-0.3, -0.25) is 0 Å². The summed E-state index contributed by atoms with van der Waals surface area (Å²) in [5.74, 6) is 1.94. The third kappa shape index (κ3) is 9.18. The number of nitrogens with zero attached hydrogens (tertiary/aromatic N) is 2. The van der Waals surface area contributed by atoms with E-state index in [1.54, 1.807) is 0 Å². The highest BCUT2D eigenvalue weighted by molar-refractivity contribution is 5.67. The minimum Gasteiger partial charge on any atom is -0.386 e. The van der Waals surface area contributed by atoms with E-state index in [9.17, 15) is 0 Å². The van der Waals surface area contributed by atoms with E-state index in [1.165, 1.54) is 67.3 Å². The summed E-state index contributed by atoms with van der Waals surface area (Å²) < 4.78 is 0. The highest BCUT2D eigenvalue weighted by Gasteiger charge is 2.23. The molecule has 0 amide bonds. The molecule has 3 aromatic rings. The topological polar surface area (TPSA) is 63.8 Å². The maximum atomic E-state index is 5.77. The Balaban J connectivity index is 0.00000124. The van der Waals surface area contributed by atoms with Crippen molar-refractivity contribution in [2.75, 3.05) is 5.32 Å². The Bertz CT molecular complexity index is 1300. The Kier molecular flexibility index (Phi) is 11.8. The van der Waals surface area contributed by atoms with Crippen LogP contribution in [-0.2, 0) is 12.8 Å². The molecule has 0 unspecified atom stereocenters. The molecule has 0 spiro atoms. The number of anilines is 1. The molecule has 2 aliphatic rings. The number of allylic oxidation sites excluding steroid dienone is 4. The standard InChI is InChI=1S/C34H40N4.C3H8/c1-25(35)36-30-22-20-28(21-23-30)33-31(24-27-14-7-3-8-15-27)32(19-11-16-26-12-5-2-6-13-26)37-34(38-33)29-17-9-4-10-18-29;1-3-2/h3,5,7-8,12-15,20-23,29,36H,1-2,4,6,9-11,16-19,24,35H2;3H2,1-2H3. The predicted octanol–water partition coefficient (Wildman–Crippen LogP) is 9.64. The Hall–Kier alpha value is -3.66. The molecule has 1 fully saturated rings. The lowest BCUT2D eigenvalue weighted by molar-refractivity contribution is 0.427. The number of benzene rings is 2. The second-order valence-corrected chi connectivity index (χ2v) is 11.4. The van der Waals surface area contributed by atoms with E-state index < -0.39 is 0 Å². The third-order valence-corrected chi connectivity index (χ3v) is 7.72. The normalized spacial score (nSPS) is 15.0. The molecule has 2 aliphatic carbocycles. The zero-order chi connectivity index (χ0) is 28.9. The van der Waals surface area contributed by atoms with Crippen LogP contribution >= 0.6 is 0 Å². The van der Waals surface area contributed by atoms with Gasteiger partial charge >= 0.3 is 0 Å². The van der Waals surface area contributed by atoms with Crippen LogP contribution < -0.4 is 11.1 Å². The molecule has 0 aliphatic heterocycles. The molecule has 0 saturated heterocycles. The smallest absolute Gasteiger partial charge is 0.132 e. The van der Waals surface area contributed by atoms with Crippen LogP contribution in [0.2, 0.25) is 0 Å². The van der Waals surface area contributed by atoms with Gasteiger partial charge in [0.2, 0.25) is 0 Å². The molecule has 216 valence electrons. The van der Waals surface area contributed by atoms with Crippen LogP contribution in [0.25, 0.3) is 11.3 Å². The molecule has 0 atom stereocenters. The molecule has 0 bridgehead atoms. The molecular weight excluding hydrogens is 500 g/mol. The van der Waals surface area contributed by atoms with Gasteiger partial charge in [-0.25, -0.2) is 9.97 Å². The summed E-state index contributed by atoms with van der Waals surface area (Å²) in [5.41, 5.74) is 14.1. The zero-order valence-corrected chi connectivity index (χ0v) is 25.2. The van der Waals surface area contributed by atoms with Crippen LogP contribution in [0, 0.1) is 0 Å². The average molecular weight is 549 g/mol. The molecular formula is C37H48N4. The summed E-state index contributed by atoms with van der Waals surface area (Å²) in [6.07, 6.45) is 20.8. The molecule has 4 nitrogen and oxygen atoms in total. The minimum atomic E-state index is 0.439. The van der Waals surface area contributed by atoms with Gasteiger partial charge in [0, 0.05) is 34.8 Å². The van der Waals surface area contributed by atoms with Gasteiger partial charge in [-0.05, 0) is 62.6 Å². The van der Waals surface area contributed by atoms with Crippen LogP contribution in [0.15, 0.2) is 90.8 Å². The third-order valence-electron chi connectivity index (χ3n) is 7.72. The minimum absolute atomic E-state index is 0.439. The van der Waals surface area contributed by atoms with E-state index in [0.717, 1.165) is 54.9 Å². The molecule has 4 heteroatoms. The summed E-state index contributed by atoms with van der Waals surface area (Å²) in [5, 5.41) is 3.11. The average Bonchev–Trinajstić information content (AvgIpc) is 3.00. The molecule has 5 rings (SSSR count). The first kappa shape index (κ1) is 30.3. The van der Waals surface area contributed by atoms with Crippen LogP contribution in [0.4, 0.5) is 5.69 Å². The van der Waals surface area contributed by atoms with Crippen molar-refractivity contribution in [3.63, 3.8) is 0 Å². The second-order valence-electron chi connectivity index (χ2n) is 11.4. The van der Waals surface area contributed by atoms with E-state index in [2.05, 4.69) is 98.6 Å².